The molecular formula is C12H15N3O4S. The van der Waals surface area contributed by atoms with Gasteiger partial charge in [-0.3, -0.25) is 0 Å². The van der Waals surface area contributed by atoms with Gasteiger partial charge in [0.15, 0.2) is 5.82 Å². The normalized spacial score (nSPS) is 18.9. The topological polar surface area (TPSA) is 98.2 Å². The van der Waals surface area contributed by atoms with Crippen molar-refractivity contribution in [2.75, 3.05) is 0 Å². The van der Waals surface area contributed by atoms with Gasteiger partial charge in [0.1, 0.15) is 11.2 Å². The fourth-order valence-electron chi connectivity index (χ4n) is 2.23. The van der Waals surface area contributed by atoms with Gasteiger partial charge in [0.25, 0.3) is 0 Å². The van der Waals surface area contributed by atoms with Crippen LogP contribution in [0.5, 0.6) is 0 Å². The van der Waals surface area contributed by atoms with Crippen LogP contribution in [0.2, 0.25) is 0 Å². The van der Waals surface area contributed by atoms with Crippen molar-refractivity contribution in [3.63, 3.8) is 0 Å². The van der Waals surface area contributed by atoms with Gasteiger partial charge < -0.3 is 8.94 Å². The van der Waals surface area contributed by atoms with Crippen molar-refractivity contribution in [1.82, 2.24) is 14.9 Å². The summed E-state index contributed by atoms with van der Waals surface area (Å²) in [6, 6.07) is 1.40. The zero-order valence-electron chi connectivity index (χ0n) is 11.2. The minimum Gasteiger partial charge on any atom is -0.471 e. The van der Waals surface area contributed by atoms with E-state index in [1.54, 1.807) is 13.8 Å². The summed E-state index contributed by atoms with van der Waals surface area (Å²) in [4.78, 5) is 4.27. The maximum absolute atomic E-state index is 12.4. The van der Waals surface area contributed by atoms with Crippen molar-refractivity contribution in [2.45, 2.75) is 37.1 Å². The molecule has 2 aromatic rings. The van der Waals surface area contributed by atoms with Crippen molar-refractivity contribution in [1.29, 1.82) is 0 Å². The van der Waals surface area contributed by atoms with Crippen molar-refractivity contribution >= 4 is 10.0 Å². The molecule has 7 nitrogen and oxygen atoms in total. The van der Waals surface area contributed by atoms with Gasteiger partial charge in [-0.25, -0.2) is 8.42 Å². The van der Waals surface area contributed by atoms with Crippen LogP contribution < -0.4 is 4.72 Å². The Balaban J connectivity index is 1.96. The Labute approximate surface area is 116 Å². The van der Waals surface area contributed by atoms with Crippen molar-refractivity contribution in [3.8, 4) is 0 Å². The molecule has 1 N–H and O–H groups in total. The monoisotopic (exact) mass is 297 g/mol. The van der Waals surface area contributed by atoms with Crippen molar-refractivity contribution < 1.29 is 17.4 Å². The van der Waals surface area contributed by atoms with Crippen LogP contribution >= 0.6 is 0 Å². The zero-order valence-corrected chi connectivity index (χ0v) is 12.0. The number of nitrogens with zero attached hydrogens (tertiary/aromatic N) is 2. The molecule has 0 bridgehead atoms. The standard InChI is InChI=1S/C12H15N3O4S/c1-8-13-11(14-19-8)12(2,9-3-4-9)15-20(16,17)10-5-6-18-7-10/h5-7,9,15H,3-4H2,1-2H3. The summed E-state index contributed by atoms with van der Waals surface area (Å²) < 4.78 is 37.2. The molecule has 1 aliphatic carbocycles. The van der Waals surface area contributed by atoms with E-state index in [0.717, 1.165) is 12.8 Å². The van der Waals surface area contributed by atoms with E-state index in [1.807, 2.05) is 0 Å². The third kappa shape index (κ3) is 2.25. The van der Waals surface area contributed by atoms with Gasteiger partial charge in [-0.1, -0.05) is 5.16 Å². The Bertz CT molecular complexity index is 703. The van der Waals surface area contributed by atoms with Crippen LogP contribution in [0.1, 0.15) is 31.5 Å². The van der Waals surface area contributed by atoms with Crippen LogP contribution in [0.4, 0.5) is 0 Å². The lowest BCUT2D eigenvalue weighted by atomic mass is 9.97. The average Bonchev–Trinajstić information content (AvgIpc) is 2.90. The Kier molecular flexibility index (Phi) is 2.94. The van der Waals surface area contributed by atoms with Crippen LogP contribution in [0.25, 0.3) is 0 Å². The number of nitrogens with one attached hydrogen (secondary N) is 1. The first-order chi connectivity index (χ1) is 9.42. The molecule has 2 aromatic heterocycles. The first-order valence-corrected chi connectivity index (χ1v) is 7.77. The maximum atomic E-state index is 12.4. The number of aromatic nitrogens is 2. The average molecular weight is 297 g/mol. The van der Waals surface area contributed by atoms with E-state index < -0.39 is 15.6 Å². The molecule has 8 heteroatoms. The summed E-state index contributed by atoms with van der Waals surface area (Å²) in [6.07, 6.45) is 4.37. The quantitative estimate of drug-likeness (QED) is 0.899. The highest BCUT2D eigenvalue weighted by Crippen LogP contribution is 2.45. The summed E-state index contributed by atoms with van der Waals surface area (Å²) in [7, 11) is -3.68. The lowest BCUT2D eigenvalue weighted by Gasteiger charge is -2.26. The van der Waals surface area contributed by atoms with Gasteiger partial charge in [-0.15, -0.1) is 0 Å². The summed E-state index contributed by atoms with van der Waals surface area (Å²) >= 11 is 0. The van der Waals surface area contributed by atoms with Gasteiger partial charge in [-0.2, -0.15) is 9.71 Å². The molecule has 0 radical (unpaired) electrons. The fourth-order valence-corrected chi connectivity index (χ4v) is 3.58. The number of rotatable bonds is 5. The first-order valence-electron chi connectivity index (χ1n) is 6.29. The molecule has 20 heavy (non-hydrogen) atoms. The molecular weight excluding hydrogens is 282 g/mol. The molecule has 0 aliphatic heterocycles. The van der Waals surface area contributed by atoms with Crippen LogP contribution in [-0.2, 0) is 15.6 Å². The third-order valence-electron chi connectivity index (χ3n) is 3.54. The second kappa shape index (κ2) is 4.42. The number of aryl methyl sites for hydroxylation is 1. The largest absolute Gasteiger partial charge is 0.471 e. The summed E-state index contributed by atoms with van der Waals surface area (Å²) in [6.45, 7) is 3.46. The minimum atomic E-state index is -3.68. The molecule has 0 amide bonds. The number of sulfonamides is 1. The molecule has 3 rings (SSSR count). The molecule has 0 saturated heterocycles. The van der Waals surface area contributed by atoms with E-state index in [0.29, 0.717) is 11.7 Å². The van der Waals surface area contributed by atoms with Crippen molar-refractivity contribution in [3.05, 3.63) is 30.3 Å². The third-order valence-corrected chi connectivity index (χ3v) is 5.08. The highest BCUT2D eigenvalue weighted by atomic mass is 32.2. The molecule has 0 aromatic carbocycles. The van der Waals surface area contributed by atoms with Gasteiger partial charge in [0.2, 0.25) is 15.9 Å². The number of furan rings is 1. The molecule has 108 valence electrons. The van der Waals surface area contributed by atoms with Gasteiger partial charge in [0.05, 0.1) is 11.8 Å². The summed E-state index contributed by atoms with van der Waals surface area (Å²) in [5.41, 5.74) is -0.867. The van der Waals surface area contributed by atoms with Crippen molar-refractivity contribution in [2.24, 2.45) is 5.92 Å². The van der Waals surface area contributed by atoms with Crippen LogP contribution in [0.15, 0.2) is 32.4 Å². The SMILES string of the molecule is Cc1nc(C(C)(NS(=O)(=O)c2ccoc2)C2CC2)no1. The molecule has 1 aliphatic rings. The smallest absolute Gasteiger partial charge is 0.244 e. The molecule has 0 spiro atoms. The second-order valence-corrected chi connectivity index (χ2v) is 6.86. The van der Waals surface area contributed by atoms with E-state index in [9.17, 15) is 8.42 Å². The number of hydrogen-bond donors (Lipinski definition) is 1. The fraction of sp³-hybridized carbons (Fsp3) is 0.500. The lowest BCUT2D eigenvalue weighted by Crippen LogP contribution is -2.46. The van der Waals surface area contributed by atoms with E-state index in [1.165, 1.54) is 18.6 Å². The molecule has 1 atom stereocenters. The van der Waals surface area contributed by atoms with Gasteiger partial charge in [-0.05, 0) is 31.7 Å². The Morgan fingerprint density at radius 1 is 1.45 bits per heavy atom. The predicted molar refractivity (Wildman–Crippen MR) is 68.1 cm³/mol. The van der Waals surface area contributed by atoms with Crippen LogP contribution in [-0.4, -0.2) is 18.6 Å². The maximum Gasteiger partial charge on any atom is 0.244 e. The summed E-state index contributed by atoms with van der Waals surface area (Å²) in [5.74, 6) is 0.945. The zero-order chi connectivity index (χ0) is 14.4. The first kappa shape index (κ1) is 13.3. The highest BCUT2D eigenvalue weighted by molar-refractivity contribution is 7.89. The Morgan fingerprint density at radius 2 is 2.20 bits per heavy atom. The van der Waals surface area contributed by atoms with E-state index in [4.69, 9.17) is 8.94 Å². The van der Waals surface area contributed by atoms with Gasteiger partial charge >= 0.3 is 0 Å². The molecule has 1 saturated carbocycles. The van der Waals surface area contributed by atoms with Crippen LogP contribution in [0.3, 0.4) is 0 Å². The second-order valence-electron chi connectivity index (χ2n) is 5.18. The Morgan fingerprint density at radius 3 is 2.70 bits per heavy atom. The number of hydrogen-bond acceptors (Lipinski definition) is 6. The van der Waals surface area contributed by atoms with Crippen LogP contribution in [0, 0.1) is 12.8 Å². The predicted octanol–water partition coefficient (Wildman–Crippen LogP) is 1.57. The van der Waals surface area contributed by atoms with E-state index in [-0.39, 0.29) is 10.8 Å². The Hall–Kier alpha value is -1.67. The molecule has 1 unspecified atom stereocenters. The lowest BCUT2D eigenvalue weighted by molar-refractivity contribution is 0.323. The highest BCUT2D eigenvalue weighted by Gasteiger charge is 2.48. The molecule has 1 fully saturated rings. The molecule has 2 heterocycles. The van der Waals surface area contributed by atoms with E-state index in [2.05, 4.69) is 14.9 Å². The van der Waals surface area contributed by atoms with E-state index >= 15 is 0 Å². The summed E-state index contributed by atoms with van der Waals surface area (Å²) in [5, 5.41) is 3.88. The van der Waals surface area contributed by atoms with Gasteiger partial charge in [0, 0.05) is 6.92 Å². The minimum absolute atomic E-state index is 0.0876.